The van der Waals surface area contributed by atoms with Crippen LogP contribution in [0.25, 0.3) is 5.57 Å². The molecule has 1 aliphatic carbocycles. The molecule has 2 aromatic heterocycles. The van der Waals surface area contributed by atoms with Gasteiger partial charge in [0.25, 0.3) is 5.91 Å². The zero-order chi connectivity index (χ0) is 33.3. The number of allylic oxidation sites excluding steroid dienone is 2. The van der Waals surface area contributed by atoms with Crippen molar-refractivity contribution in [3.05, 3.63) is 66.5 Å². The van der Waals surface area contributed by atoms with Gasteiger partial charge in [0.1, 0.15) is 23.8 Å². The third-order valence-corrected chi connectivity index (χ3v) is 9.47. The first-order valence-corrected chi connectivity index (χ1v) is 16.1. The number of nitrogens with two attached hydrogens (primary N) is 1. The highest BCUT2D eigenvalue weighted by atomic mass is 19.1. The van der Waals surface area contributed by atoms with Gasteiger partial charge in [-0.3, -0.25) is 9.69 Å². The molecule has 48 heavy (non-hydrogen) atoms. The van der Waals surface area contributed by atoms with E-state index >= 15 is 4.39 Å². The summed E-state index contributed by atoms with van der Waals surface area (Å²) >= 11 is 0. The fourth-order valence-corrected chi connectivity index (χ4v) is 6.49. The van der Waals surface area contributed by atoms with Gasteiger partial charge in [0.2, 0.25) is 5.95 Å². The average molecular weight is 656 g/mol. The number of nitrogen functional groups attached to an aromatic ring is 1. The quantitative estimate of drug-likeness (QED) is 0.324. The zero-order valence-electron chi connectivity index (χ0n) is 26.6. The van der Waals surface area contributed by atoms with E-state index < -0.39 is 23.8 Å². The monoisotopic (exact) mass is 655 g/mol. The van der Waals surface area contributed by atoms with Gasteiger partial charge in [-0.2, -0.15) is 10.2 Å². The first kappa shape index (κ1) is 31.7. The molecule has 4 aliphatic rings. The first-order valence-electron chi connectivity index (χ1n) is 16.1. The number of carbonyl (C=O) groups is 1. The summed E-state index contributed by atoms with van der Waals surface area (Å²) in [6.07, 6.45) is 6.06. The van der Waals surface area contributed by atoms with Gasteiger partial charge in [0.05, 0.1) is 50.1 Å². The Balaban J connectivity index is 0.957. The molecule has 14 nitrogen and oxygen atoms in total. The molecule has 15 heteroatoms. The number of nitrogens with zero attached hydrogens (tertiary/aromatic N) is 8. The third kappa shape index (κ3) is 6.59. The van der Waals surface area contributed by atoms with Crippen molar-refractivity contribution >= 4 is 34.8 Å². The molecule has 0 bridgehead atoms. The van der Waals surface area contributed by atoms with Crippen LogP contribution < -0.4 is 16.0 Å². The third-order valence-electron chi connectivity index (χ3n) is 9.47. The van der Waals surface area contributed by atoms with Gasteiger partial charge in [-0.25, -0.2) is 19.3 Å². The summed E-state index contributed by atoms with van der Waals surface area (Å²) < 4.78 is 26.9. The van der Waals surface area contributed by atoms with Gasteiger partial charge in [-0.05, 0) is 37.6 Å². The standard InChI is InChI=1S/C33H38FN11O3/c1-33(48-28-7-9-45(17-26(28)34)30(46)27-16-37-31(36)41-27)8-6-21(14-22(33)15-35)29-38-20-39-32(42-29)40-23-2-4-24(5-3-23)43-10-12-44(13-11-43)25-18-47-19-25/h2-6,8,14,16,20,22,25-26,28H,7,9-13,17-19H2,1H3,(H3,36,37,41)(H,38,39,40,42)/t22?,26-,28+,33?/m1/s1. The molecule has 1 amide bonds. The van der Waals surface area contributed by atoms with Gasteiger partial charge in [0, 0.05) is 49.7 Å². The normalized spacial score (nSPS) is 26.4. The Bertz CT molecular complexity index is 1730. The molecule has 7 rings (SSSR count). The number of hydrogen-bond donors (Lipinski definition) is 3. The second-order valence-electron chi connectivity index (χ2n) is 12.7. The van der Waals surface area contributed by atoms with Crippen molar-refractivity contribution in [3.63, 3.8) is 0 Å². The summed E-state index contributed by atoms with van der Waals surface area (Å²) in [7, 11) is 0. The number of aromatic nitrogens is 5. The molecule has 3 aromatic rings. The van der Waals surface area contributed by atoms with Crippen molar-refractivity contribution in [1.29, 1.82) is 5.26 Å². The topological polar surface area (TPSA) is 174 Å². The lowest BCUT2D eigenvalue weighted by atomic mass is 9.83. The van der Waals surface area contributed by atoms with Crippen molar-refractivity contribution in [2.45, 2.75) is 37.3 Å². The number of carbonyl (C=O) groups excluding carboxylic acids is 1. The highest BCUT2D eigenvalue weighted by molar-refractivity contribution is 5.92. The van der Waals surface area contributed by atoms with Crippen LogP contribution in [0.4, 0.5) is 27.7 Å². The number of piperidine rings is 1. The number of imidazole rings is 1. The Labute approximate surface area is 277 Å². The molecular weight excluding hydrogens is 617 g/mol. The molecule has 4 atom stereocenters. The number of H-pyrrole nitrogens is 1. The lowest BCUT2D eigenvalue weighted by Gasteiger charge is -2.43. The number of nitriles is 1. The van der Waals surface area contributed by atoms with Crippen LogP contribution in [0.5, 0.6) is 0 Å². The van der Waals surface area contributed by atoms with E-state index in [9.17, 15) is 10.1 Å². The minimum Gasteiger partial charge on any atom is -0.378 e. The largest absolute Gasteiger partial charge is 0.378 e. The van der Waals surface area contributed by atoms with Gasteiger partial charge in [0.15, 0.2) is 11.8 Å². The molecule has 0 radical (unpaired) electrons. The number of halogens is 1. The SMILES string of the molecule is CC1(O[C@H]2CCN(C(=O)c3cnc(N)[nH]3)C[C@H]2F)C=CC(c2ncnc(Nc3ccc(N4CCN(C5COC5)CC4)cc3)n2)=CC1C#N. The number of likely N-dealkylation sites (tertiary alicyclic amines) is 1. The van der Waals surface area contributed by atoms with E-state index in [1.54, 1.807) is 25.2 Å². The van der Waals surface area contributed by atoms with E-state index in [2.05, 4.69) is 58.2 Å². The molecule has 4 N–H and O–H groups in total. The predicted octanol–water partition coefficient (Wildman–Crippen LogP) is 2.56. The second kappa shape index (κ2) is 13.3. The molecule has 0 saturated carbocycles. The van der Waals surface area contributed by atoms with E-state index in [-0.39, 0.29) is 37.1 Å². The van der Waals surface area contributed by atoms with E-state index in [0.717, 1.165) is 45.1 Å². The molecule has 2 unspecified atom stereocenters. The summed E-state index contributed by atoms with van der Waals surface area (Å²) in [5, 5.41) is 13.3. The molecule has 3 saturated heterocycles. The Morgan fingerprint density at radius 1 is 1.17 bits per heavy atom. The average Bonchev–Trinajstić information content (AvgIpc) is 3.52. The van der Waals surface area contributed by atoms with E-state index in [1.807, 2.05) is 12.1 Å². The van der Waals surface area contributed by atoms with Crippen molar-refractivity contribution in [1.82, 2.24) is 34.7 Å². The number of benzene rings is 1. The van der Waals surface area contributed by atoms with Crippen molar-refractivity contribution in [2.24, 2.45) is 5.92 Å². The lowest BCUT2D eigenvalue weighted by molar-refractivity contribution is -0.115. The summed E-state index contributed by atoms with van der Waals surface area (Å²) in [5.41, 5.74) is 7.33. The second-order valence-corrected chi connectivity index (χ2v) is 12.7. The van der Waals surface area contributed by atoms with E-state index in [0.29, 0.717) is 23.4 Å². The first-order chi connectivity index (χ1) is 23.3. The van der Waals surface area contributed by atoms with Crippen LogP contribution in [-0.4, -0.2) is 117 Å². The van der Waals surface area contributed by atoms with Gasteiger partial charge in [-0.15, -0.1) is 0 Å². The van der Waals surface area contributed by atoms with Crippen LogP contribution >= 0.6 is 0 Å². The fourth-order valence-electron chi connectivity index (χ4n) is 6.49. The Morgan fingerprint density at radius 2 is 1.96 bits per heavy atom. The smallest absolute Gasteiger partial charge is 0.272 e. The van der Waals surface area contributed by atoms with Gasteiger partial charge < -0.3 is 35.3 Å². The van der Waals surface area contributed by atoms with Gasteiger partial charge in [-0.1, -0.05) is 18.2 Å². The van der Waals surface area contributed by atoms with Gasteiger partial charge >= 0.3 is 0 Å². The maximum absolute atomic E-state index is 15.3. The van der Waals surface area contributed by atoms with Crippen LogP contribution in [0.1, 0.15) is 29.7 Å². The molecule has 0 spiro atoms. The predicted molar refractivity (Wildman–Crippen MR) is 176 cm³/mol. The highest BCUT2D eigenvalue weighted by Gasteiger charge is 2.42. The van der Waals surface area contributed by atoms with Crippen molar-refractivity contribution < 1.29 is 18.7 Å². The number of piperazine rings is 1. The number of alkyl halides is 1. The maximum Gasteiger partial charge on any atom is 0.272 e. The fraction of sp³-hybridized carbons (Fsp3) is 0.455. The Hall–Kier alpha value is -4.91. The minimum atomic E-state index is -1.44. The van der Waals surface area contributed by atoms with Crippen LogP contribution in [0.15, 0.2) is 55.0 Å². The number of nitrogens with one attached hydrogen (secondary N) is 2. The number of ether oxygens (including phenoxy) is 2. The Morgan fingerprint density at radius 3 is 2.62 bits per heavy atom. The number of aromatic amines is 1. The van der Waals surface area contributed by atoms with Crippen LogP contribution in [0.2, 0.25) is 0 Å². The van der Waals surface area contributed by atoms with Crippen LogP contribution in [0, 0.1) is 17.2 Å². The molecule has 5 heterocycles. The summed E-state index contributed by atoms with van der Waals surface area (Å²) in [4.78, 5) is 38.8. The Kier molecular flexibility index (Phi) is 8.78. The maximum atomic E-state index is 15.3. The minimum absolute atomic E-state index is 0.121. The molecule has 1 aromatic carbocycles. The van der Waals surface area contributed by atoms with Crippen molar-refractivity contribution in [3.8, 4) is 6.07 Å². The lowest BCUT2D eigenvalue weighted by Crippen LogP contribution is -2.56. The number of anilines is 4. The number of rotatable bonds is 8. The molecule has 250 valence electrons. The number of hydrogen-bond acceptors (Lipinski definition) is 12. The zero-order valence-corrected chi connectivity index (χ0v) is 26.6. The number of amides is 1. The molecule has 3 fully saturated rings. The summed E-state index contributed by atoms with van der Waals surface area (Å²) in [5.74, 6) is -0.223. The van der Waals surface area contributed by atoms with Crippen molar-refractivity contribution in [2.75, 3.05) is 68.4 Å². The summed E-state index contributed by atoms with van der Waals surface area (Å²) in [6, 6.07) is 11.1. The molecular formula is C33H38FN11O3. The van der Waals surface area contributed by atoms with Crippen LogP contribution in [-0.2, 0) is 9.47 Å². The molecule has 3 aliphatic heterocycles. The highest BCUT2D eigenvalue weighted by Crippen LogP contribution is 2.36. The van der Waals surface area contributed by atoms with E-state index in [4.69, 9.17) is 15.2 Å². The van der Waals surface area contributed by atoms with Crippen LogP contribution in [0.3, 0.4) is 0 Å². The summed E-state index contributed by atoms with van der Waals surface area (Å²) in [6.45, 7) is 7.62. The van der Waals surface area contributed by atoms with E-state index in [1.165, 1.54) is 23.1 Å².